The number of hydrogen-bond acceptors (Lipinski definition) is 3. The summed E-state index contributed by atoms with van der Waals surface area (Å²) >= 11 is 2.47. The quantitative estimate of drug-likeness (QED) is 0.585. The third-order valence-electron chi connectivity index (χ3n) is 3.27. The summed E-state index contributed by atoms with van der Waals surface area (Å²) in [6, 6.07) is 8.24. The Morgan fingerprint density at radius 2 is 1.89 bits per heavy atom. The maximum atomic E-state index is 4.64. The number of aliphatic imine (C=N–C) groups is 2. The maximum Gasteiger partial charge on any atom is 0.343 e. The van der Waals surface area contributed by atoms with Crippen LogP contribution in [0.4, 0.5) is 22.7 Å². The van der Waals surface area contributed by atoms with Gasteiger partial charge in [0.25, 0.3) is 0 Å². The molecule has 0 saturated carbocycles. The second-order valence-electron chi connectivity index (χ2n) is 4.50. The number of halogens is 1. The lowest BCUT2D eigenvalue weighted by Crippen LogP contribution is -2.11. The summed E-state index contributed by atoms with van der Waals surface area (Å²) in [5.74, 6) is 0.921. The molecule has 19 heavy (non-hydrogen) atoms. The monoisotopic (exact) mass is 374 g/mol. The second-order valence-corrected chi connectivity index (χ2v) is 7.10. The van der Waals surface area contributed by atoms with Crippen molar-refractivity contribution in [3.63, 3.8) is 0 Å². The third-order valence-corrected chi connectivity index (χ3v) is 5.39. The molecule has 0 aliphatic carbocycles. The highest BCUT2D eigenvalue weighted by atomic mass is 127. The Morgan fingerprint density at radius 1 is 1.11 bits per heavy atom. The van der Waals surface area contributed by atoms with E-state index in [1.54, 1.807) is 0 Å². The number of rotatable bonds is 1. The standard InChI is InChI=1S/C13H8N4.Al.HI/c1-7-16-10-4-2-8-12-9(15-6-14-8)3-5-11(17-7)13(10)12;;/h2-5H,1H3,(H-,14,15,16,17);;1H/q-1;+1;/p-1. The Balaban J connectivity index is 2.13. The summed E-state index contributed by atoms with van der Waals surface area (Å²) in [6.45, 7) is 1.97. The highest BCUT2D eigenvalue weighted by molar-refractivity contribution is 14.1. The Bertz CT molecular complexity index is 782. The molecule has 2 aliphatic heterocycles. The zero-order valence-electron chi connectivity index (χ0n) is 10.1. The van der Waals surface area contributed by atoms with E-state index in [2.05, 4.69) is 53.0 Å². The molecule has 0 spiro atoms. The first-order valence-electron chi connectivity index (χ1n) is 5.92. The molecule has 91 valence electrons. The van der Waals surface area contributed by atoms with Crippen LogP contribution in [0.2, 0.25) is 0 Å². The second kappa shape index (κ2) is 4.20. The molecule has 2 aliphatic rings. The molecule has 4 rings (SSSR count). The molecule has 0 unspecified atom stereocenters. The highest BCUT2D eigenvalue weighted by Crippen LogP contribution is 2.48. The molecule has 0 bridgehead atoms. The summed E-state index contributed by atoms with van der Waals surface area (Å²) in [6.07, 6.45) is 0. The van der Waals surface area contributed by atoms with Crippen LogP contribution in [-0.2, 0) is 0 Å². The zero-order valence-corrected chi connectivity index (χ0v) is 13.4. The summed E-state index contributed by atoms with van der Waals surface area (Å²) < 4.78 is 0.958. The average molecular weight is 374 g/mol. The fourth-order valence-electron chi connectivity index (χ4n) is 2.55. The third kappa shape index (κ3) is 1.71. The SMILES string of the molecule is CC1=Nc2ccc3c4c(ccc(c24)N1)[N-][C]([Al][I])=N3. The van der Waals surface area contributed by atoms with E-state index in [-0.39, 0.29) is 11.9 Å². The minimum absolute atomic E-state index is 0.102. The fourth-order valence-corrected chi connectivity index (χ4v) is 3.76. The van der Waals surface area contributed by atoms with Gasteiger partial charge in [0.1, 0.15) is 5.84 Å². The first kappa shape index (κ1) is 11.7. The van der Waals surface area contributed by atoms with Gasteiger partial charge < -0.3 is 15.6 Å². The van der Waals surface area contributed by atoms with Crippen LogP contribution in [0.25, 0.3) is 16.1 Å². The van der Waals surface area contributed by atoms with Gasteiger partial charge in [0.15, 0.2) is 0 Å². The van der Waals surface area contributed by atoms with Gasteiger partial charge in [-0.1, -0.05) is 12.1 Å². The van der Waals surface area contributed by atoms with E-state index in [0.717, 1.165) is 44.1 Å². The van der Waals surface area contributed by atoms with Crippen LogP contribution in [0.15, 0.2) is 34.3 Å². The predicted octanol–water partition coefficient (Wildman–Crippen LogP) is 4.38. The lowest BCUT2D eigenvalue weighted by molar-refractivity contribution is 1.44. The van der Waals surface area contributed by atoms with Crippen LogP contribution in [0.1, 0.15) is 6.92 Å². The molecule has 6 heteroatoms. The summed E-state index contributed by atoms with van der Waals surface area (Å²) in [4.78, 5) is 9.21. The Labute approximate surface area is 127 Å². The molecular weight excluding hydrogens is 366 g/mol. The van der Waals surface area contributed by atoms with Gasteiger partial charge in [-0.05, 0) is 35.8 Å². The van der Waals surface area contributed by atoms with E-state index in [0.29, 0.717) is 0 Å². The van der Waals surface area contributed by atoms with Crippen molar-refractivity contribution < 1.29 is 0 Å². The summed E-state index contributed by atoms with van der Waals surface area (Å²) in [7, 11) is 0. The zero-order chi connectivity index (χ0) is 13.0. The number of amidine groups is 2. The van der Waals surface area contributed by atoms with Crippen molar-refractivity contribution in [2.45, 2.75) is 6.92 Å². The van der Waals surface area contributed by atoms with Crippen LogP contribution in [0, 0.1) is 0 Å². The largest absolute Gasteiger partial charge is 0.456 e. The van der Waals surface area contributed by atoms with Crippen molar-refractivity contribution in [2.75, 3.05) is 5.32 Å². The van der Waals surface area contributed by atoms with Gasteiger partial charge in [-0.3, -0.25) is 0 Å². The minimum atomic E-state index is 0.102. The van der Waals surface area contributed by atoms with Gasteiger partial charge in [0.2, 0.25) is 0 Å². The molecule has 0 amide bonds. The molecule has 0 aromatic heterocycles. The van der Waals surface area contributed by atoms with Gasteiger partial charge in [-0.25, -0.2) is 25.3 Å². The molecule has 2 aromatic rings. The number of nitrogens with zero attached hydrogens (tertiary/aromatic N) is 3. The Kier molecular flexibility index (Phi) is 2.59. The number of benzene rings is 2. The normalized spacial score (nSPS) is 15.3. The van der Waals surface area contributed by atoms with Gasteiger partial charge in [-0.2, -0.15) is 0 Å². The molecule has 0 fully saturated rings. The van der Waals surface area contributed by atoms with E-state index in [1.165, 1.54) is 0 Å². The minimum Gasteiger partial charge on any atom is -0.456 e. The fraction of sp³-hybridized carbons (Fsp3) is 0.0769. The Morgan fingerprint density at radius 3 is 2.68 bits per heavy atom. The molecule has 0 saturated heterocycles. The van der Waals surface area contributed by atoms with E-state index in [4.69, 9.17) is 0 Å². The lowest BCUT2D eigenvalue weighted by atomic mass is 10.0. The highest BCUT2D eigenvalue weighted by Gasteiger charge is 2.16. The van der Waals surface area contributed by atoms with Crippen molar-refractivity contribution in [3.8, 4) is 0 Å². The van der Waals surface area contributed by atoms with Gasteiger partial charge in [-0.15, -0.1) is 4.70 Å². The summed E-state index contributed by atoms with van der Waals surface area (Å²) in [5, 5.41) is 10.2. The number of anilines is 1. The van der Waals surface area contributed by atoms with E-state index >= 15 is 0 Å². The van der Waals surface area contributed by atoms with E-state index < -0.39 is 0 Å². The first-order valence-corrected chi connectivity index (χ1v) is 10.7. The van der Waals surface area contributed by atoms with Crippen LogP contribution in [0.5, 0.6) is 0 Å². The number of hydrogen-bond donors (Lipinski definition) is 1. The smallest absolute Gasteiger partial charge is 0.343 e. The van der Waals surface area contributed by atoms with Crippen LogP contribution >= 0.6 is 20.3 Å². The van der Waals surface area contributed by atoms with Crippen LogP contribution < -0.4 is 5.32 Å². The van der Waals surface area contributed by atoms with E-state index in [9.17, 15) is 0 Å². The molecule has 2 heterocycles. The summed E-state index contributed by atoms with van der Waals surface area (Å²) in [5.41, 5.74) is 4.13. The lowest BCUT2D eigenvalue weighted by Gasteiger charge is -2.30. The topological polar surface area (TPSA) is 50.9 Å². The first-order chi connectivity index (χ1) is 9.26. The van der Waals surface area contributed by atoms with Crippen LogP contribution in [-0.4, -0.2) is 22.5 Å². The molecule has 2 aromatic carbocycles. The van der Waals surface area contributed by atoms with Gasteiger partial charge >= 0.3 is 11.9 Å². The van der Waals surface area contributed by atoms with Crippen molar-refractivity contribution in [1.29, 1.82) is 0 Å². The Hall–Kier alpha value is -1.10. The average Bonchev–Trinajstić information content (AvgIpc) is 2.43. The molecule has 1 N–H and O–H groups in total. The van der Waals surface area contributed by atoms with Crippen molar-refractivity contribution >= 4 is 76.3 Å². The van der Waals surface area contributed by atoms with Crippen molar-refractivity contribution in [3.05, 3.63) is 29.6 Å². The van der Waals surface area contributed by atoms with E-state index in [1.807, 2.05) is 19.1 Å². The van der Waals surface area contributed by atoms with Gasteiger partial charge in [0.05, 0.1) is 5.69 Å². The molecule has 1 radical (unpaired) electrons. The maximum absolute atomic E-state index is 4.64. The van der Waals surface area contributed by atoms with Crippen LogP contribution in [0.3, 0.4) is 0 Å². The molecular formula is C13H8AlIN4-. The molecule has 4 nitrogen and oxygen atoms in total. The van der Waals surface area contributed by atoms with Gasteiger partial charge in [0, 0.05) is 11.1 Å². The number of nitrogens with one attached hydrogen (secondary N) is 1. The van der Waals surface area contributed by atoms with Crippen molar-refractivity contribution in [1.82, 2.24) is 0 Å². The predicted molar refractivity (Wildman–Crippen MR) is 90.2 cm³/mol. The van der Waals surface area contributed by atoms with Crippen molar-refractivity contribution in [2.24, 2.45) is 9.98 Å². The molecule has 0 atom stereocenters.